The SMILES string of the molecule is COc1cc(C(=O)N2CC[C@@H](OC)[C@@H](N)C2)cc2nc(-c3cc4ccc5nc4n3CC(F)(F)CCCC[C@](C)(C(F)(F)F)C(=O)N[C@@H]5C)n(C)c12. The smallest absolute Gasteiger partial charge is 0.402 e. The molecule has 4 aromatic rings. The van der Waals surface area contributed by atoms with Crippen molar-refractivity contribution in [3.8, 4) is 17.3 Å². The molecule has 51 heavy (non-hydrogen) atoms. The normalized spacial score (nSPS) is 24.9. The highest BCUT2D eigenvalue weighted by Crippen LogP contribution is 2.44. The maximum absolute atomic E-state index is 15.8. The fourth-order valence-electron chi connectivity index (χ4n) is 7.15. The third-order valence-electron chi connectivity index (χ3n) is 10.4. The molecule has 5 heterocycles. The number of piperidine rings is 1. The third kappa shape index (κ3) is 6.63. The lowest BCUT2D eigenvalue weighted by Crippen LogP contribution is -2.53. The summed E-state index contributed by atoms with van der Waals surface area (Å²) in [5.41, 5.74) is 5.41. The lowest BCUT2D eigenvalue weighted by molar-refractivity contribution is -0.219. The molecule has 276 valence electrons. The number of carbonyl (C=O) groups is 2. The Labute approximate surface area is 291 Å². The summed E-state index contributed by atoms with van der Waals surface area (Å²) < 4.78 is 88.1. The number of alkyl halides is 5. The number of nitrogens with zero attached hydrogens (tertiary/aromatic N) is 5. The van der Waals surface area contributed by atoms with Gasteiger partial charge in [0.1, 0.15) is 22.3 Å². The van der Waals surface area contributed by atoms with E-state index in [4.69, 9.17) is 20.2 Å². The molecule has 0 aliphatic carbocycles. The van der Waals surface area contributed by atoms with E-state index >= 15 is 8.78 Å². The molecule has 1 saturated heterocycles. The van der Waals surface area contributed by atoms with Gasteiger partial charge >= 0.3 is 6.18 Å². The van der Waals surface area contributed by atoms with E-state index in [0.29, 0.717) is 58.8 Å². The molecule has 0 unspecified atom stereocenters. The second kappa shape index (κ2) is 13.3. The van der Waals surface area contributed by atoms with Crippen molar-refractivity contribution in [1.82, 2.24) is 29.3 Å². The predicted molar refractivity (Wildman–Crippen MR) is 179 cm³/mol. The highest BCUT2D eigenvalue weighted by molar-refractivity contribution is 6.00. The molecule has 1 fully saturated rings. The summed E-state index contributed by atoms with van der Waals surface area (Å²) in [6.07, 6.45) is -6.25. The van der Waals surface area contributed by atoms with Crippen LogP contribution in [0, 0.1) is 5.41 Å². The van der Waals surface area contributed by atoms with Crippen LogP contribution in [-0.4, -0.2) is 87.4 Å². The third-order valence-corrected chi connectivity index (χ3v) is 10.4. The van der Waals surface area contributed by atoms with Crippen molar-refractivity contribution in [2.24, 2.45) is 18.2 Å². The van der Waals surface area contributed by atoms with Crippen LogP contribution >= 0.6 is 0 Å². The van der Waals surface area contributed by atoms with Gasteiger partial charge in [0.2, 0.25) is 5.91 Å². The molecule has 2 aliphatic rings. The Morgan fingerprint density at radius 2 is 1.82 bits per heavy atom. The molecular formula is C35H42F5N7O4. The number of pyridine rings is 1. The molecule has 1 aromatic carbocycles. The van der Waals surface area contributed by atoms with Crippen LogP contribution in [0.2, 0.25) is 0 Å². The van der Waals surface area contributed by atoms with Gasteiger partial charge in [-0.15, -0.1) is 0 Å². The number of carbonyl (C=O) groups excluding carboxylic acids is 2. The highest BCUT2D eigenvalue weighted by Gasteiger charge is 2.56. The lowest BCUT2D eigenvalue weighted by atomic mass is 9.82. The lowest BCUT2D eigenvalue weighted by Gasteiger charge is -2.36. The second-order valence-corrected chi connectivity index (χ2v) is 13.9. The number of hydrogen-bond acceptors (Lipinski definition) is 7. The van der Waals surface area contributed by atoms with Gasteiger partial charge in [-0.1, -0.05) is 6.42 Å². The van der Waals surface area contributed by atoms with E-state index in [0.717, 1.165) is 6.92 Å². The predicted octanol–water partition coefficient (Wildman–Crippen LogP) is 5.74. The number of nitrogens with one attached hydrogen (secondary N) is 1. The second-order valence-electron chi connectivity index (χ2n) is 13.9. The molecule has 3 N–H and O–H groups in total. The first-order valence-electron chi connectivity index (χ1n) is 16.9. The standard InChI is InChI=1S/C35H42F5N7O4/c1-19-23-9-8-20-15-25(47(29(20)43-23)18-34(36,37)12-7-6-11-33(2,32(49)42-19)35(38,39)40)30-44-24-14-21(16-27(51-5)28(24)45(30)3)31(48)46-13-10-26(50-4)22(41)17-46/h8-9,14-16,19,22,26H,6-7,10-13,17-18,41H2,1-5H3,(H,42,49)/t19-,22+,26-,33+/m1/s1. The first kappa shape index (κ1) is 36.5. The summed E-state index contributed by atoms with van der Waals surface area (Å²) in [4.78, 5) is 37.8. The Morgan fingerprint density at radius 1 is 1.10 bits per heavy atom. The molecule has 6 rings (SSSR count). The van der Waals surface area contributed by atoms with Gasteiger partial charge in [-0.25, -0.2) is 18.7 Å². The number of nitrogens with two attached hydrogens (primary N) is 1. The van der Waals surface area contributed by atoms with Crippen molar-refractivity contribution in [2.75, 3.05) is 27.3 Å². The summed E-state index contributed by atoms with van der Waals surface area (Å²) in [7, 11) is 4.76. The van der Waals surface area contributed by atoms with Gasteiger partial charge in [-0.3, -0.25) is 9.59 Å². The van der Waals surface area contributed by atoms with Crippen LogP contribution in [0.3, 0.4) is 0 Å². The van der Waals surface area contributed by atoms with Crippen molar-refractivity contribution >= 4 is 33.9 Å². The Balaban J connectivity index is 1.44. The summed E-state index contributed by atoms with van der Waals surface area (Å²) in [6.45, 7) is 2.24. The average molecular weight is 720 g/mol. The topological polar surface area (TPSA) is 130 Å². The van der Waals surface area contributed by atoms with Gasteiger partial charge in [0, 0.05) is 50.7 Å². The maximum Gasteiger partial charge on any atom is 0.402 e. The van der Waals surface area contributed by atoms with E-state index in [-0.39, 0.29) is 42.2 Å². The number of hydrogen-bond donors (Lipinski definition) is 2. The zero-order valence-electron chi connectivity index (χ0n) is 29.1. The molecular weight excluding hydrogens is 677 g/mol. The molecule has 2 bridgehead atoms. The molecule has 3 aromatic heterocycles. The van der Waals surface area contributed by atoms with Crippen molar-refractivity contribution in [1.29, 1.82) is 0 Å². The Bertz CT molecular complexity index is 1980. The van der Waals surface area contributed by atoms with E-state index in [1.807, 2.05) is 0 Å². The van der Waals surface area contributed by atoms with Crippen LogP contribution in [0.1, 0.15) is 68.0 Å². The van der Waals surface area contributed by atoms with Crippen LogP contribution in [0.5, 0.6) is 5.75 Å². The summed E-state index contributed by atoms with van der Waals surface area (Å²) in [6, 6.07) is 6.79. The van der Waals surface area contributed by atoms with Crippen LogP contribution in [0.25, 0.3) is 33.6 Å². The van der Waals surface area contributed by atoms with E-state index in [9.17, 15) is 22.8 Å². The van der Waals surface area contributed by atoms with Crippen molar-refractivity contribution in [3.63, 3.8) is 0 Å². The number of aryl methyl sites for hydroxylation is 1. The Kier molecular flexibility index (Phi) is 9.55. The van der Waals surface area contributed by atoms with Gasteiger partial charge in [0.15, 0.2) is 5.82 Å². The van der Waals surface area contributed by atoms with Gasteiger partial charge in [0.25, 0.3) is 11.8 Å². The number of methoxy groups -OCH3 is 2. The number of aromatic nitrogens is 4. The minimum absolute atomic E-state index is 0.155. The minimum atomic E-state index is -4.88. The largest absolute Gasteiger partial charge is 0.494 e. The molecule has 2 aliphatic heterocycles. The van der Waals surface area contributed by atoms with Crippen molar-refractivity contribution in [2.45, 2.75) is 82.8 Å². The number of fused-ring (bicyclic) bond motifs is 2. The van der Waals surface area contributed by atoms with E-state index in [1.54, 1.807) is 54.0 Å². The van der Waals surface area contributed by atoms with E-state index in [2.05, 4.69) is 10.3 Å². The highest BCUT2D eigenvalue weighted by atomic mass is 19.4. The Hall–Kier alpha value is -4.31. The summed E-state index contributed by atoms with van der Waals surface area (Å²) in [5.74, 6) is -4.19. The van der Waals surface area contributed by atoms with Crippen LogP contribution in [-0.2, 0) is 23.1 Å². The van der Waals surface area contributed by atoms with Gasteiger partial charge < -0.3 is 34.6 Å². The van der Waals surface area contributed by atoms with Crippen molar-refractivity contribution in [3.05, 3.63) is 41.6 Å². The Morgan fingerprint density at radius 3 is 2.49 bits per heavy atom. The fraction of sp³-hybridized carbons (Fsp3) is 0.543. The molecule has 2 amide bonds. The summed E-state index contributed by atoms with van der Waals surface area (Å²) >= 11 is 0. The molecule has 0 radical (unpaired) electrons. The first-order valence-corrected chi connectivity index (χ1v) is 16.9. The molecule has 11 nitrogen and oxygen atoms in total. The number of imidazole rings is 1. The number of halogens is 5. The fourth-order valence-corrected chi connectivity index (χ4v) is 7.15. The number of rotatable bonds is 4. The van der Waals surface area contributed by atoms with Gasteiger partial charge in [0.05, 0.1) is 42.7 Å². The van der Waals surface area contributed by atoms with E-state index in [1.165, 1.54) is 18.6 Å². The van der Waals surface area contributed by atoms with Crippen molar-refractivity contribution < 1.29 is 41.0 Å². The number of amides is 2. The zero-order chi connectivity index (χ0) is 37.0. The minimum Gasteiger partial charge on any atom is -0.494 e. The quantitative estimate of drug-likeness (QED) is 0.258. The van der Waals surface area contributed by atoms with Crippen LogP contribution in [0.4, 0.5) is 22.0 Å². The number of benzene rings is 1. The van der Waals surface area contributed by atoms with Crippen LogP contribution < -0.4 is 15.8 Å². The van der Waals surface area contributed by atoms with Crippen LogP contribution in [0.15, 0.2) is 30.3 Å². The number of ether oxygens (including phenoxy) is 2. The summed E-state index contributed by atoms with van der Waals surface area (Å²) in [5, 5.41) is 2.95. The average Bonchev–Trinajstić information content (AvgIpc) is 3.60. The first-order chi connectivity index (χ1) is 24.0. The molecule has 0 saturated carbocycles. The van der Waals surface area contributed by atoms with E-state index < -0.39 is 48.8 Å². The van der Waals surface area contributed by atoms with Gasteiger partial charge in [-0.2, -0.15) is 13.2 Å². The van der Waals surface area contributed by atoms with Gasteiger partial charge in [-0.05, 0) is 63.4 Å². The molecule has 0 spiro atoms. The molecule has 4 atom stereocenters. The zero-order valence-corrected chi connectivity index (χ0v) is 29.1. The number of likely N-dealkylation sites (tertiary alicyclic amines) is 1. The maximum atomic E-state index is 15.8. The molecule has 16 heteroatoms. The monoisotopic (exact) mass is 719 g/mol.